The van der Waals surface area contributed by atoms with Crippen molar-refractivity contribution in [1.82, 2.24) is 9.97 Å². The van der Waals surface area contributed by atoms with Gasteiger partial charge in [-0.15, -0.1) is 0 Å². The standard InChI is InChI=1S/C11H9ClN2O2/c1-16-11(15)9-6-13-10(14-9)7-4-2-3-5-8(7)12/h2-6H,1H3,(H,13,14). The molecule has 1 heterocycles. The monoisotopic (exact) mass is 236 g/mol. The molecule has 1 N–H and O–H groups in total. The summed E-state index contributed by atoms with van der Waals surface area (Å²) in [7, 11) is 1.32. The van der Waals surface area contributed by atoms with E-state index in [1.54, 1.807) is 6.07 Å². The maximum Gasteiger partial charge on any atom is 0.356 e. The summed E-state index contributed by atoms with van der Waals surface area (Å²) < 4.78 is 4.57. The van der Waals surface area contributed by atoms with E-state index in [9.17, 15) is 4.79 Å². The summed E-state index contributed by atoms with van der Waals surface area (Å²) in [5, 5.41) is 0.577. The SMILES string of the molecule is COC(=O)c1cnc(-c2ccccc2Cl)[nH]1. The number of nitrogens with one attached hydrogen (secondary N) is 1. The Balaban J connectivity index is 2.39. The average Bonchev–Trinajstić information content (AvgIpc) is 2.78. The van der Waals surface area contributed by atoms with E-state index in [0.29, 0.717) is 16.5 Å². The highest BCUT2D eigenvalue weighted by Crippen LogP contribution is 2.24. The number of esters is 1. The first-order chi connectivity index (χ1) is 7.72. The normalized spacial score (nSPS) is 10.1. The Labute approximate surface area is 97.2 Å². The highest BCUT2D eigenvalue weighted by molar-refractivity contribution is 6.33. The minimum atomic E-state index is -0.453. The van der Waals surface area contributed by atoms with Crippen LogP contribution in [0.2, 0.25) is 5.02 Å². The molecule has 0 aliphatic heterocycles. The Kier molecular flexibility index (Phi) is 2.92. The lowest BCUT2D eigenvalue weighted by Crippen LogP contribution is -2.00. The largest absolute Gasteiger partial charge is 0.464 e. The van der Waals surface area contributed by atoms with Gasteiger partial charge in [-0.2, -0.15) is 0 Å². The van der Waals surface area contributed by atoms with E-state index in [4.69, 9.17) is 11.6 Å². The van der Waals surface area contributed by atoms with Crippen molar-refractivity contribution >= 4 is 17.6 Å². The zero-order chi connectivity index (χ0) is 11.5. The number of hydrogen-bond acceptors (Lipinski definition) is 3. The quantitative estimate of drug-likeness (QED) is 0.816. The molecule has 0 radical (unpaired) electrons. The summed E-state index contributed by atoms with van der Waals surface area (Å²) in [5.41, 5.74) is 1.05. The van der Waals surface area contributed by atoms with Crippen molar-refractivity contribution in [2.24, 2.45) is 0 Å². The minimum Gasteiger partial charge on any atom is -0.464 e. The number of carbonyl (C=O) groups excluding carboxylic acids is 1. The van der Waals surface area contributed by atoms with Crippen LogP contribution in [0.3, 0.4) is 0 Å². The summed E-state index contributed by atoms with van der Waals surface area (Å²) in [6, 6.07) is 7.26. The zero-order valence-electron chi connectivity index (χ0n) is 8.53. The van der Waals surface area contributed by atoms with Gasteiger partial charge in [-0.3, -0.25) is 0 Å². The number of nitrogens with zero attached hydrogens (tertiary/aromatic N) is 1. The van der Waals surface area contributed by atoms with Gasteiger partial charge in [0.15, 0.2) is 0 Å². The number of aromatic amines is 1. The molecule has 0 saturated carbocycles. The van der Waals surface area contributed by atoms with E-state index in [-0.39, 0.29) is 0 Å². The topological polar surface area (TPSA) is 55.0 Å². The fourth-order valence-corrected chi connectivity index (χ4v) is 1.55. The van der Waals surface area contributed by atoms with Crippen LogP contribution in [-0.2, 0) is 4.74 Å². The number of ether oxygens (including phenoxy) is 1. The molecule has 5 heteroatoms. The zero-order valence-corrected chi connectivity index (χ0v) is 9.28. The van der Waals surface area contributed by atoms with Gasteiger partial charge < -0.3 is 9.72 Å². The van der Waals surface area contributed by atoms with Gasteiger partial charge in [0.2, 0.25) is 0 Å². The van der Waals surface area contributed by atoms with Crippen LogP contribution >= 0.6 is 11.6 Å². The molecule has 0 fully saturated rings. The fourth-order valence-electron chi connectivity index (χ4n) is 1.33. The van der Waals surface area contributed by atoms with Gasteiger partial charge in [0.25, 0.3) is 0 Å². The molecule has 0 spiro atoms. The summed E-state index contributed by atoms with van der Waals surface area (Å²) in [4.78, 5) is 18.1. The lowest BCUT2D eigenvalue weighted by molar-refractivity contribution is 0.0595. The molecule has 0 aliphatic carbocycles. The molecule has 0 saturated heterocycles. The van der Waals surface area contributed by atoms with Crippen LogP contribution < -0.4 is 0 Å². The van der Waals surface area contributed by atoms with E-state index in [1.807, 2.05) is 18.2 Å². The Morgan fingerprint density at radius 1 is 1.44 bits per heavy atom. The number of imidazole rings is 1. The molecular formula is C11H9ClN2O2. The Hall–Kier alpha value is -1.81. The van der Waals surface area contributed by atoms with Crippen LogP contribution in [0.15, 0.2) is 30.5 Å². The first-order valence-corrected chi connectivity index (χ1v) is 4.98. The Bertz CT molecular complexity index is 522. The van der Waals surface area contributed by atoms with Crippen molar-refractivity contribution in [2.75, 3.05) is 7.11 Å². The first kappa shape index (κ1) is 10.7. The third-order valence-electron chi connectivity index (χ3n) is 2.11. The molecule has 1 aromatic carbocycles. The number of aromatic nitrogens is 2. The van der Waals surface area contributed by atoms with Crippen LogP contribution in [0.5, 0.6) is 0 Å². The smallest absolute Gasteiger partial charge is 0.356 e. The highest BCUT2D eigenvalue weighted by Gasteiger charge is 2.11. The molecule has 16 heavy (non-hydrogen) atoms. The minimum absolute atomic E-state index is 0.303. The van der Waals surface area contributed by atoms with Crippen LogP contribution in [-0.4, -0.2) is 23.0 Å². The second kappa shape index (κ2) is 4.37. The fraction of sp³-hybridized carbons (Fsp3) is 0.0909. The van der Waals surface area contributed by atoms with Crippen molar-refractivity contribution in [1.29, 1.82) is 0 Å². The van der Waals surface area contributed by atoms with Gasteiger partial charge in [-0.25, -0.2) is 9.78 Å². The average molecular weight is 237 g/mol. The van der Waals surface area contributed by atoms with Crippen molar-refractivity contribution in [3.8, 4) is 11.4 Å². The highest BCUT2D eigenvalue weighted by atomic mass is 35.5. The predicted molar refractivity (Wildman–Crippen MR) is 60.4 cm³/mol. The lowest BCUT2D eigenvalue weighted by Gasteiger charge is -1.99. The van der Waals surface area contributed by atoms with Crippen molar-refractivity contribution < 1.29 is 9.53 Å². The first-order valence-electron chi connectivity index (χ1n) is 4.60. The number of hydrogen-bond donors (Lipinski definition) is 1. The molecule has 0 bridgehead atoms. The molecule has 82 valence electrons. The molecule has 2 aromatic rings. The Morgan fingerprint density at radius 2 is 2.19 bits per heavy atom. The summed E-state index contributed by atoms with van der Waals surface area (Å²) in [6.07, 6.45) is 1.42. The van der Waals surface area contributed by atoms with Gasteiger partial charge in [0, 0.05) is 5.56 Å². The van der Waals surface area contributed by atoms with E-state index in [2.05, 4.69) is 14.7 Å². The van der Waals surface area contributed by atoms with Crippen LogP contribution in [0.1, 0.15) is 10.5 Å². The van der Waals surface area contributed by atoms with Crippen molar-refractivity contribution in [2.45, 2.75) is 0 Å². The maximum absolute atomic E-state index is 11.2. The van der Waals surface area contributed by atoms with Gasteiger partial charge in [0.1, 0.15) is 11.5 Å². The molecule has 0 aliphatic rings. The molecule has 4 nitrogen and oxygen atoms in total. The van der Waals surface area contributed by atoms with Gasteiger partial charge in [-0.05, 0) is 12.1 Å². The third kappa shape index (κ3) is 1.92. The number of H-pyrrole nitrogens is 1. The van der Waals surface area contributed by atoms with Gasteiger partial charge >= 0.3 is 5.97 Å². The second-order valence-electron chi connectivity index (χ2n) is 3.12. The lowest BCUT2D eigenvalue weighted by atomic mass is 10.2. The molecular weight excluding hydrogens is 228 g/mol. The van der Waals surface area contributed by atoms with E-state index < -0.39 is 5.97 Å². The summed E-state index contributed by atoms with van der Waals surface area (Å²) in [6.45, 7) is 0. The number of methoxy groups -OCH3 is 1. The number of rotatable bonds is 2. The third-order valence-corrected chi connectivity index (χ3v) is 2.44. The van der Waals surface area contributed by atoms with E-state index in [1.165, 1.54) is 13.3 Å². The second-order valence-corrected chi connectivity index (χ2v) is 3.52. The number of halogens is 1. The molecule has 0 amide bonds. The molecule has 0 unspecified atom stereocenters. The maximum atomic E-state index is 11.2. The summed E-state index contributed by atoms with van der Waals surface area (Å²) >= 11 is 6.01. The van der Waals surface area contributed by atoms with Crippen LogP contribution in [0.4, 0.5) is 0 Å². The number of benzene rings is 1. The molecule has 1 aromatic heterocycles. The van der Waals surface area contributed by atoms with E-state index >= 15 is 0 Å². The van der Waals surface area contributed by atoms with Crippen molar-refractivity contribution in [3.63, 3.8) is 0 Å². The number of carbonyl (C=O) groups is 1. The molecule has 2 rings (SSSR count). The van der Waals surface area contributed by atoms with Crippen LogP contribution in [0.25, 0.3) is 11.4 Å². The predicted octanol–water partition coefficient (Wildman–Crippen LogP) is 2.52. The van der Waals surface area contributed by atoms with E-state index in [0.717, 1.165) is 5.56 Å². The van der Waals surface area contributed by atoms with Crippen molar-refractivity contribution in [3.05, 3.63) is 41.2 Å². The van der Waals surface area contributed by atoms with Gasteiger partial charge in [-0.1, -0.05) is 23.7 Å². The van der Waals surface area contributed by atoms with Crippen LogP contribution in [0, 0.1) is 0 Å². The molecule has 0 atom stereocenters. The summed E-state index contributed by atoms with van der Waals surface area (Å²) in [5.74, 6) is 0.0943. The van der Waals surface area contributed by atoms with Gasteiger partial charge in [0.05, 0.1) is 18.3 Å². The Morgan fingerprint density at radius 3 is 2.88 bits per heavy atom.